The third kappa shape index (κ3) is 2.93. The van der Waals surface area contributed by atoms with E-state index in [1.54, 1.807) is 0 Å². The Labute approximate surface area is 113 Å². The second-order valence-corrected chi connectivity index (χ2v) is 4.54. The van der Waals surface area contributed by atoms with Gasteiger partial charge in [0.05, 0.1) is 13.1 Å². The van der Waals surface area contributed by atoms with Crippen LogP contribution < -0.4 is 10.6 Å². The van der Waals surface area contributed by atoms with E-state index in [-0.39, 0.29) is 6.54 Å². The number of aromatic nitrogens is 2. The zero-order valence-corrected chi connectivity index (χ0v) is 11.7. The molecular weight excluding hydrogens is 240 g/mol. The van der Waals surface area contributed by atoms with Crippen LogP contribution in [0.3, 0.4) is 0 Å². The van der Waals surface area contributed by atoms with E-state index < -0.39 is 0 Å². The molecule has 0 saturated heterocycles. The Hall–Kier alpha value is -1.88. The van der Waals surface area contributed by atoms with Gasteiger partial charge in [-0.2, -0.15) is 4.98 Å². The lowest BCUT2D eigenvalue weighted by molar-refractivity contribution is 0.374. The van der Waals surface area contributed by atoms with Crippen LogP contribution in [0, 0.1) is 13.8 Å². The first kappa shape index (κ1) is 13.5. The predicted octanol–water partition coefficient (Wildman–Crippen LogP) is 2.17. The Balaban J connectivity index is 2.22. The van der Waals surface area contributed by atoms with Crippen LogP contribution in [0.5, 0.6) is 0 Å². The van der Waals surface area contributed by atoms with Crippen molar-refractivity contribution in [2.24, 2.45) is 5.73 Å². The summed E-state index contributed by atoms with van der Waals surface area (Å²) in [6, 6.07) is 6.31. The lowest BCUT2D eigenvalue weighted by atomic mass is 10.1. The van der Waals surface area contributed by atoms with Gasteiger partial charge in [-0.3, -0.25) is 0 Å². The monoisotopic (exact) mass is 260 g/mol. The molecule has 0 aliphatic rings. The molecule has 5 heteroatoms. The standard InChI is InChI=1S/C14H20N4O/c1-4-18(9-13-16-14(8-15)19-17-13)12-7-5-6-10(2)11(12)3/h5-7H,4,8-9,15H2,1-3H3. The molecule has 0 unspecified atom stereocenters. The number of hydrogen-bond acceptors (Lipinski definition) is 5. The average molecular weight is 260 g/mol. The van der Waals surface area contributed by atoms with Gasteiger partial charge in [0.2, 0.25) is 5.89 Å². The molecule has 102 valence electrons. The number of aryl methyl sites for hydroxylation is 1. The third-order valence-electron chi connectivity index (χ3n) is 3.32. The molecule has 2 rings (SSSR count). The average Bonchev–Trinajstić information content (AvgIpc) is 2.87. The van der Waals surface area contributed by atoms with Gasteiger partial charge in [-0.15, -0.1) is 0 Å². The van der Waals surface area contributed by atoms with Gasteiger partial charge in [-0.25, -0.2) is 0 Å². The Morgan fingerprint density at radius 3 is 2.74 bits per heavy atom. The van der Waals surface area contributed by atoms with Gasteiger partial charge < -0.3 is 15.2 Å². The van der Waals surface area contributed by atoms with Gasteiger partial charge in [-0.05, 0) is 38.0 Å². The molecule has 0 spiro atoms. The van der Waals surface area contributed by atoms with Crippen LogP contribution in [0.15, 0.2) is 22.7 Å². The molecule has 0 bridgehead atoms. The maximum Gasteiger partial charge on any atom is 0.240 e. The van der Waals surface area contributed by atoms with Crippen molar-refractivity contribution in [2.75, 3.05) is 11.4 Å². The second-order valence-electron chi connectivity index (χ2n) is 4.54. The summed E-state index contributed by atoms with van der Waals surface area (Å²) in [4.78, 5) is 6.48. The van der Waals surface area contributed by atoms with Gasteiger partial charge in [0.25, 0.3) is 0 Å². The van der Waals surface area contributed by atoms with E-state index >= 15 is 0 Å². The van der Waals surface area contributed by atoms with Crippen LogP contribution in [-0.4, -0.2) is 16.7 Å². The zero-order chi connectivity index (χ0) is 13.8. The van der Waals surface area contributed by atoms with Crippen molar-refractivity contribution >= 4 is 5.69 Å². The smallest absolute Gasteiger partial charge is 0.240 e. The first-order chi connectivity index (χ1) is 9.15. The lowest BCUT2D eigenvalue weighted by Gasteiger charge is -2.24. The molecule has 1 heterocycles. The fourth-order valence-electron chi connectivity index (χ4n) is 2.05. The van der Waals surface area contributed by atoms with Crippen LogP contribution in [0.25, 0.3) is 0 Å². The molecule has 0 radical (unpaired) electrons. The van der Waals surface area contributed by atoms with E-state index in [9.17, 15) is 0 Å². The van der Waals surface area contributed by atoms with E-state index in [1.807, 2.05) is 0 Å². The number of hydrogen-bond donors (Lipinski definition) is 1. The normalized spacial score (nSPS) is 10.7. The molecule has 0 saturated carbocycles. The molecule has 0 fully saturated rings. The van der Waals surface area contributed by atoms with Crippen molar-refractivity contribution in [1.29, 1.82) is 0 Å². The molecule has 0 amide bonds. The van der Waals surface area contributed by atoms with Crippen LogP contribution in [0.2, 0.25) is 0 Å². The Kier molecular flexibility index (Phi) is 4.16. The Bertz CT molecular complexity index is 550. The topological polar surface area (TPSA) is 68.2 Å². The van der Waals surface area contributed by atoms with Crippen LogP contribution in [-0.2, 0) is 13.1 Å². The van der Waals surface area contributed by atoms with E-state index in [0.717, 1.165) is 6.54 Å². The molecule has 0 atom stereocenters. The fraction of sp³-hybridized carbons (Fsp3) is 0.429. The van der Waals surface area contributed by atoms with E-state index in [1.165, 1.54) is 16.8 Å². The highest BCUT2D eigenvalue weighted by atomic mass is 16.5. The molecule has 0 aliphatic heterocycles. The van der Waals surface area contributed by atoms with Gasteiger partial charge >= 0.3 is 0 Å². The first-order valence-electron chi connectivity index (χ1n) is 6.48. The molecule has 2 N–H and O–H groups in total. The van der Waals surface area contributed by atoms with Gasteiger partial charge in [0, 0.05) is 12.2 Å². The SMILES string of the molecule is CCN(Cc1noc(CN)n1)c1cccc(C)c1C. The summed E-state index contributed by atoms with van der Waals surface area (Å²) in [5.41, 5.74) is 9.25. The summed E-state index contributed by atoms with van der Waals surface area (Å²) >= 11 is 0. The molecule has 1 aromatic carbocycles. The molecule has 1 aromatic heterocycles. The minimum Gasteiger partial charge on any atom is -0.364 e. The predicted molar refractivity (Wildman–Crippen MR) is 74.8 cm³/mol. The summed E-state index contributed by atoms with van der Waals surface area (Å²) in [5.74, 6) is 1.15. The molecule has 0 aliphatic carbocycles. The number of benzene rings is 1. The van der Waals surface area contributed by atoms with Crippen molar-refractivity contribution in [3.05, 3.63) is 41.0 Å². The van der Waals surface area contributed by atoms with E-state index in [4.69, 9.17) is 10.3 Å². The van der Waals surface area contributed by atoms with E-state index in [0.29, 0.717) is 18.3 Å². The quantitative estimate of drug-likeness (QED) is 0.892. The number of anilines is 1. The van der Waals surface area contributed by atoms with Crippen LogP contribution in [0.4, 0.5) is 5.69 Å². The summed E-state index contributed by atoms with van der Waals surface area (Å²) in [5, 5.41) is 3.94. The highest BCUT2D eigenvalue weighted by Crippen LogP contribution is 2.23. The van der Waals surface area contributed by atoms with E-state index in [2.05, 4.69) is 54.0 Å². The van der Waals surface area contributed by atoms with Crippen molar-refractivity contribution in [3.8, 4) is 0 Å². The molecular formula is C14H20N4O. The number of nitrogens with zero attached hydrogens (tertiary/aromatic N) is 3. The van der Waals surface area contributed by atoms with Crippen molar-refractivity contribution in [2.45, 2.75) is 33.9 Å². The molecule has 19 heavy (non-hydrogen) atoms. The number of rotatable bonds is 5. The number of nitrogens with two attached hydrogens (primary N) is 1. The minimum absolute atomic E-state index is 0.280. The van der Waals surface area contributed by atoms with Gasteiger partial charge in [-0.1, -0.05) is 17.3 Å². The Morgan fingerprint density at radius 2 is 2.11 bits per heavy atom. The largest absolute Gasteiger partial charge is 0.364 e. The summed E-state index contributed by atoms with van der Waals surface area (Å²) in [6.07, 6.45) is 0. The Morgan fingerprint density at radius 1 is 1.32 bits per heavy atom. The summed E-state index contributed by atoms with van der Waals surface area (Å²) in [6.45, 7) is 8.16. The van der Waals surface area contributed by atoms with Crippen molar-refractivity contribution < 1.29 is 4.52 Å². The van der Waals surface area contributed by atoms with Crippen molar-refractivity contribution in [3.63, 3.8) is 0 Å². The highest BCUT2D eigenvalue weighted by molar-refractivity contribution is 5.55. The van der Waals surface area contributed by atoms with Crippen LogP contribution >= 0.6 is 0 Å². The van der Waals surface area contributed by atoms with Crippen LogP contribution in [0.1, 0.15) is 29.8 Å². The first-order valence-corrected chi connectivity index (χ1v) is 6.48. The molecule has 2 aromatic rings. The fourth-order valence-corrected chi connectivity index (χ4v) is 2.05. The lowest BCUT2D eigenvalue weighted by Crippen LogP contribution is -2.23. The maximum atomic E-state index is 5.47. The zero-order valence-electron chi connectivity index (χ0n) is 11.7. The third-order valence-corrected chi connectivity index (χ3v) is 3.32. The van der Waals surface area contributed by atoms with Gasteiger partial charge in [0.1, 0.15) is 0 Å². The molecule has 5 nitrogen and oxygen atoms in total. The minimum atomic E-state index is 0.280. The second kappa shape index (κ2) is 5.84. The van der Waals surface area contributed by atoms with Crippen molar-refractivity contribution in [1.82, 2.24) is 10.1 Å². The summed E-state index contributed by atoms with van der Waals surface area (Å²) in [7, 11) is 0. The summed E-state index contributed by atoms with van der Waals surface area (Å²) < 4.78 is 5.04. The highest BCUT2D eigenvalue weighted by Gasteiger charge is 2.13. The maximum absolute atomic E-state index is 5.47. The van der Waals surface area contributed by atoms with Gasteiger partial charge in [0.15, 0.2) is 5.82 Å².